The molecule has 3 rings (SSSR count). The largest absolute Gasteiger partial charge is 0.459 e. The van der Waals surface area contributed by atoms with Gasteiger partial charge in [0.05, 0.1) is 10.5 Å². The van der Waals surface area contributed by atoms with Crippen LogP contribution in [0.1, 0.15) is 25.3 Å². The van der Waals surface area contributed by atoms with E-state index in [9.17, 15) is 19.5 Å². The molecule has 2 amide bonds. The number of halogens is 1. The second-order valence-corrected chi connectivity index (χ2v) is 8.62. The molecule has 29 heavy (non-hydrogen) atoms. The molecule has 7 nitrogen and oxygen atoms in total. The normalized spacial score (nSPS) is 24.1. The molecule has 4 atom stereocenters. The first-order valence-electron chi connectivity index (χ1n) is 9.39. The summed E-state index contributed by atoms with van der Waals surface area (Å²) in [6, 6.07) is 7.62. The molecule has 0 aliphatic carbocycles. The van der Waals surface area contributed by atoms with Gasteiger partial charge in [-0.15, -0.1) is 11.8 Å². The first-order valence-corrected chi connectivity index (χ1v) is 11.9. The van der Waals surface area contributed by atoms with Crippen molar-refractivity contribution in [3.63, 3.8) is 0 Å². The summed E-state index contributed by atoms with van der Waals surface area (Å²) in [5, 5.41) is 14.6. The van der Waals surface area contributed by atoms with Crippen molar-refractivity contribution < 1.29 is 24.2 Å². The average Bonchev–Trinajstić information content (AvgIpc) is 2.75. The molecule has 2 aliphatic rings. The zero-order valence-corrected chi connectivity index (χ0v) is 18.9. The van der Waals surface area contributed by atoms with Gasteiger partial charge in [-0.1, -0.05) is 66.3 Å². The molecule has 2 N–H and O–H groups in total. The molecule has 2 heterocycles. The molecule has 0 aromatic heterocycles. The minimum absolute atomic E-state index is 0.0855. The second-order valence-electron chi connectivity index (χ2n) is 6.87. The highest BCUT2D eigenvalue weighted by Gasteiger charge is 2.56. The number of rotatable bonds is 8. The van der Waals surface area contributed by atoms with Crippen molar-refractivity contribution in [1.82, 2.24) is 10.2 Å². The number of hydrogen-bond donors (Lipinski definition) is 2. The molecule has 3 unspecified atom stereocenters. The van der Waals surface area contributed by atoms with Gasteiger partial charge in [-0.3, -0.25) is 9.59 Å². The van der Waals surface area contributed by atoms with Crippen LogP contribution in [0.15, 0.2) is 41.3 Å². The van der Waals surface area contributed by atoms with Crippen LogP contribution in [-0.4, -0.2) is 55.8 Å². The fourth-order valence-electron chi connectivity index (χ4n) is 3.38. The number of benzene rings is 1. The third-order valence-electron chi connectivity index (χ3n) is 4.85. The van der Waals surface area contributed by atoms with E-state index in [0.29, 0.717) is 12.0 Å². The van der Waals surface area contributed by atoms with Gasteiger partial charge in [0.25, 0.3) is 0 Å². The Morgan fingerprint density at radius 1 is 1.34 bits per heavy atom. The lowest BCUT2D eigenvalue weighted by molar-refractivity contribution is -0.164. The van der Waals surface area contributed by atoms with Gasteiger partial charge in [-0.25, -0.2) is 4.79 Å². The van der Waals surface area contributed by atoms with Crippen molar-refractivity contribution >= 4 is 52.1 Å². The number of amides is 2. The fraction of sp³-hybridized carbons (Fsp3) is 0.450. The maximum Gasteiger partial charge on any atom is 0.333 e. The Balaban J connectivity index is 1.79. The van der Waals surface area contributed by atoms with E-state index in [4.69, 9.17) is 4.74 Å². The van der Waals surface area contributed by atoms with Crippen LogP contribution in [-0.2, 0) is 25.7 Å². The van der Waals surface area contributed by atoms with Crippen LogP contribution < -0.4 is 5.32 Å². The predicted molar refractivity (Wildman–Crippen MR) is 118 cm³/mol. The minimum atomic E-state index is -0.980. The van der Waals surface area contributed by atoms with E-state index in [1.54, 1.807) is 5.41 Å². The molecule has 0 spiro atoms. The van der Waals surface area contributed by atoms with Gasteiger partial charge in [0, 0.05) is 0 Å². The Morgan fingerprint density at radius 2 is 2.07 bits per heavy atom. The Labute approximate surface area is 187 Å². The number of hydrogen-bond acceptors (Lipinski definition) is 6. The molecule has 156 valence electrons. The number of fused-ring (bicyclic) bond motifs is 1. The number of alkyl halides is 1. The van der Waals surface area contributed by atoms with Gasteiger partial charge in [0.2, 0.25) is 11.8 Å². The third-order valence-corrected chi connectivity index (χ3v) is 6.73. The van der Waals surface area contributed by atoms with Crippen molar-refractivity contribution in [3.05, 3.63) is 46.9 Å². The Hall–Kier alpha value is -1.59. The Morgan fingerprint density at radius 3 is 2.72 bits per heavy atom. The summed E-state index contributed by atoms with van der Waals surface area (Å²) in [5.41, 5.74) is 1.31. The quantitative estimate of drug-likeness (QED) is 0.231. The van der Waals surface area contributed by atoms with Crippen LogP contribution in [0.5, 0.6) is 0 Å². The Bertz CT molecular complexity index is 803. The first kappa shape index (κ1) is 22.1. The zero-order chi connectivity index (χ0) is 21.0. The van der Waals surface area contributed by atoms with E-state index in [1.165, 1.54) is 16.7 Å². The van der Waals surface area contributed by atoms with Crippen LogP contribution in [0, 0.1) is 0 Å². The molecule has 0 bridgehead atoms. The van der Waals surface area contributed by atoms with E-state index >= 15 is 0 Å². The van der Waals surface area contributed by atoms with Crippen LogP contribution >= 0.6 is 34.4 Å². The summed E-state index contributed by atoms with van der Waals surface area (Å²) in [7, 11) is 0. The Kier molecular flexibility index (Phi) is 7.58. The lowest BCUT2D eigenvalue weighted by Gasteiger charge is -2.52. The SMILES string of the molecule is CCCC(O)C1=CS[C@H]2C(NC(=O)CI)C(=O)N2C1C(=O)OCc1ccccc1. The molecule has 1 aromatic carbocycles. The maximum atomic E-state index is 12.9. The van der Waals surface area contributed by atoms with Gasteiger partial charge in [-0.05, 0) is 23.0 Å². The highest BCUT2D eigenvalue weighted by molar-refractivity contribution is 14.1. The first-order chi connectivity index (χ1) is 14.0. The standard InChI is InChI=1S/C20H23IN2O5S/c1-2-6-14(24)13-11-29-19-16(22-15(25)9-21)18(26)23(19)17(13)20(27)28-10-12-7-4-3-5-8-12/h3-5,7-8,11,14,16-17,19,24H,2,6,9-10H2,1H3,(H,22,25)/t14?,16?,17?,19-/m0/s1. The van der Waals surface area contributed by atoms with Gasteiger partial charge < -0.3 is 20.1 Å². The smallest absolute Gasteiger partial charge is 0.333 e. The number of thioether (sulfide) groups is 1. The van der Waals surface area contributed by atoms with Crippen LogP contribution in [0.2, 0.25) is 0 Å². The number of esters is 1. The molecule has 1 aromatic rings. The van der Waals surface area contributed by atoms with Crippen molar-refractivity contribution in [3.8, 4) is 0 Å². The van der Waals surface area contributed by atoms with Crippen molar-refractivity contribution in [2.75, 3.05) is 4.43 Å². The van der Waals surface area contributed by atoms with E-state index in [2.05, 4.69) is 5.32 Å². The fourth-order valence-corrected chi connectivity index (χ4v) is 4.88. The molecule has 2 aliphatic heterocycles. The molecular weight excluding hydrogens is 507 g/mol. The summed E-state index contributed by atoms with van der Waals surface area (Å²) in [5.74, 6) is -1.14. The number of nitrogens with one attached hydrogen (secondary N) is 1. The lowest BCUT2D eigenvalue weighted by atomic mass is 9.93. The molecule has 0 radical (unpaired) electrons. The summed E-state index contributed by atoms with van der Waals surface area (Å²) in [4.78, 5) is 38.8. The minimum Gasteiger partial charge on any atom is -0.459 e. The predicted octanol–water partition coefficient (Wildman–Crippen LogP) is 1.98. The van der Waals surface area contributed by atoms with Gasteiger partial charge in [0.15, 0.2) is 6.04 Å². The third kappa shape index (κ3) is 4.77. The number of carbonyl (C=O) groups excluding carboxylic acids is 3. The zero-order valence-electron chi connectivity index (χ0n) is 15.9. The molecule has 0 saturated carbocycles. The number of carbonyl (C=O) groups is 3. The monoisotopic (exact) mass is 530 g/mol. The van der Waals surface area contributed by atoms with Crippen LogP contribution in [0.3, 0.4) is 0 Å². The van der Waals surface area contributed by atoms with E-state index < -0.39 is 24.2 Å². The maximum absolute atomic E-state index is 12.9. The number of aliphatic hydroxyl groups excluding tert-OH is 1. The number of aliphatic hydroxyl groups is 1. The van der Waals surface area contributed by atoms with Crippen LogP contribution in [0.4, 0.5) is 0 Å². The van der Waals surface area contributed by atoms with Gasteiger partial charge in [-0.2, -0.15) is 0 Å². The summed E-state index contributed by atoms with van der Waals surface area (Å²) in [6.45, 7) is 2.03. The molecule has 1 fully saturated rings. The number of β-lactam (4-membered cyclic amide) rings is 1. The highest BCUT2D eigenvalue weighted by Crippen LogP contribution is 2.41. The average molecular weight is 530 g/mol. The van der Waals surface area contributed by atoms with Gasteiger partial charge in [0.1, 0.15) is 18.0 Å². The highest BCUT2D eigenvalue weighted by atomic mass is 127. The molecule has 1 saturated heterocycles. The van der Waals surface area contributed by atoms with Gasteiger partial charge >= 0.3 is 5.97 Å². The number of nitrogens with zero attached hydrogens (tertiary/aromatic N) is 1. The van der Waals surface area contributed by atoms with Crippen LogP contribution in [0.25, 0.3) is 0 Å². The van der Waals surface area contributed by atoms with Crippen molar-refractivity contribution in [2.24, 2.45) is 0 Å². The topological polar surface area (TPSA) is 95.9 Å². The van der Waals surface area contributed by atoms with Crippen molar-refractivity contribution in [1.29, 1.82) is 0 Å². The van der Waals surface area contributed by atoms with E-state index in [1.807, 2.05) is 59.8 Å². The summed E-state index contributed by atoms with van der Waals surface area (Å²) in [6.07, 6.45) is 0.385. The molecular formula is C20H23IN2O5S. The van der Waals surface area contributed by atoms with Crippen molar-refractivity contribution in [2.45, 2.75) is 49.9 Å². The summed E-state index contributed by atoms with van der Waals surface area (Å²) < 4.78 is 5.73. The molecule has 9 heteroatoms. The second kappa shape index (κ2) is 9.94. The van der Waals surface area contributed by atoms with E-state index in [0.717, 1.165) is 12.0 Å². The van der Waals surface area contributed by atoms with E-state index in [-0.39, 0.29) is 28.2 Å². The number of ether oxygens (including phenoxy) is 1. The lowest BCUT2D eigenvalue weighted by Crippen LogP contribution is -2.74. The summed E-state index contributed by atoms with van der Waals surface area (Å²) >= 11 is 3.26.